The highest BCUT2D eigenvalue weighted by atomic mass is 35.5. The molecule has 0 bridgehead atoms. The summed E-state index contributed by atoms with van der Waals surface area (Å²) in [7, 11) is -1.47. The van der Waals surface area contributed by atoms with Crippen LogP contribution >= 0.6 is 23.2 Å². The molecule has 0 rings (SSSR count). The van der Waals surface area contributed by atoms with E-state index in [4.69, 9.17) is 27.6 Å². The molecule has 0 aromatic heterocycles. The normalized spacial score (nSPS) is 10.8. The van der Waals surface area contributed by atoms with Crippen molar-refractivity contribution in [3.8, 4) is 0 Å². The van der Waals surface area contributed by atoms with E-state index in [1.807, 2.05) is 0 Å². The van der Waals surface area contributed by atoms with E-state index in [2.05, 4.69) is 19.6 Å². The molecular formula is C5H10Cl2OSi. The van der Waals surface area contributed by atoms with Gasteiger partial charge in [-0.25, -0.2) is 0 Å². The van der Waals surface area contributed by atoms with Gasteiger partial charge in [0.25, 0.3) is 0 Å². The summed E-state index contributed by atoms with van der Waals surface area (Å²) in [5.74, 6) is 0. The fourth-order valence-corrected chi connectivity index (χ4v) is 0.931. The van der Waals surface area contributed by atoms with E-state index < -0.39 is 8.32 Å². The van der Waals surface area contributed by atoms with Crippen LogP contribution < -0.4 is 0 Å². The Morgan fingerprint density at radius 2 is 1.78 bits per heavy atom. The topological polar surface area (TPSA) is 9.23 Å². The molecule has 0 radical (unpaired) electrons. The molecule has 0 fully saturated rings. The maximum Gasteiger partial charge on any atom is 0.241 e. The molecule has 0 amide bonds. The van der Waals surface area contributed by atoms with Gasteiger partial charge in [-0.1, -0.05) is 23.2 Å². The Hall–Kier alpha value is 0.337. The fourth-order valence-electron chi connectivity index (χ4n) is 0.221. The minimum atomic E-state index is -1.47. The maximum absolute atomic E-state index is 5.31. The highest BCUT2D eigenvalue weighted by Crippen LogP contribution is 2.10. The second-order valence-electron chi connectivity index (χ2n) is 2.64. The number of rotatable bonds is 2. The first-order valence-corrected chi connectivity index (χ1v) is 6.77. The summed E-state index contributed by atoms with van der Waals surface area (Å²) in [6.45, 7) is 6.17. The third kappa shape index (κ3) is 8.34. The van der Waals surface area contributed by atoms with Crippen LogP contribution in [0.25, 0.3) is 0 Å². The Morgan fingerprint density at radius 3 is 1.89 bits per heavy atom. The van der Waals surface area contributed by atoms with E-state index >= 15 is 0 Å². The van der Waals surface area contributed by atoms with Crippen molar-refractivity contribution in [3.63, 3.8) is 0 Å². The Morgan fingerprint density at radius 1 is 1.33 bits per heavy atom. The molecule has 1 nitrogen and oxygen atoms in total. The minimum Gasteiger partial charge on any atom is -0.548 e. The molecule has 0 aromatic rings. The van der Waals surface area contributed by atoms with Gasteiger partial charge in [0.1, 0.15) is 4.49 Å². The first kappa shape index (κ1) is 9.34. The smallest absolute Gasteiger partial charge is 0.241 e. The summed E-state index contributed by atoms with van der Waals surface area (Å²) in [5.41, 5.74) is 0. The van der Waals surface area contributed by atoms with Crippen molar-refractivity contribution in [2.45, 2.75) is 19.6 Å². The van der Waals surface area contributed by atoms with E-state index in [0.717, 1.165) is 0 Å². The number of hydrogen-bond acceptors (Lipinski definition) is 1. The summed E-state index contributed by atoms with van der Waals surface area (Å²) in [5, 5.41) is 0. The van der Waals surface area contributed by atoms with Crippen molar-refractivity contribution in [2.24, 2.45) is 0 Å². The Kier molecular flexibility index (Phi) is 3.62. The lowest BCUT2D eigenvalue weighted by Crippen LogP contribution is -2.21. The molecule has 0 saturated heterocycles. The average molecular weight is 185 g/mol. The van der Waals surface area contributed by atoms with Crippen molar-refractivity contribution >= 4 is 31.5 Å². The van der Waals surface area contributed by atoms with Gasteiger partial charge in [-0.05, 0) is 19.6 Å². The molecule has 0 aliphatic carbocycles. The summed E-state index contributed by atoms with van der Waals surface area (Å²) >= 11 is 10.6. The standard InChI is InChI=1S/C5H10Cl2OSi/c1-9(2,3)8-4-5(6)7/h4H,1-3H3. The van der Waals surface area contributed by atoms with Crippen molar-refractivity contribution in [1.29, 1.82) is 0 Å². The molecule has 9 heavy (non-hydrogen) atoms. The first-order valence-electron chi connectivity index (χ1n) is 2.61. The highest BCUT2D eigenvalue weighted by molar-refractivity contribution is 6.70. The van der Waals surface area contributed by atoms with Gasteiger partial charge in [-0.3, -0.25) is 0 Å². The van der Waals surface area contributed by atoms with Gasteiger partial charge in [0.05, 0.1) is 6.26 Å². The molecule has 0 aromatic carbocycles. The Balaban J connectivity index is 3.64. The van der Waals surface area contributed by atoms with Crippen LogP contribution in [0.15, 0.2) is 10.8 Å². The molecule has 0 aliphatic rings. The summed E-state index contributed by atoms with van der Waals surface area (Å²) < 4.78 is 5.38. The zero-order valence-electron chi connectivity index (χ0n) is 5.74. The molecule has 0 spiro atoms. The van der Waals surface area contributed by atoms with Crippen molar-refractivity contribution in [2.75, 3.05) is 0 Å². The van der Waals surface area contributed by atoms with Crippen LogP contribution in [0.2, 0.25) is 19.6 Å². The molecule has 54 valence electrons. The summed E-state index contributed by atoms with van der Waals surface area (Å²) in [6, 6.07) is 0. The van der Waals surface area contributed by atoms with Crippen LogP contribution in [0.5, 0.6) is 0 Å². The van der Waals surface area contributed by atoms with Gasteiger partial charge in [0, 0.05) is 0 Å². The van der Waals surface area contributed by atoms with Gasteiger partial charge in [-0.15, -0.1) is 0 Å². The number of halogens is 2. The molecule has 0 heterocycles. The van der Waals surface area contributed by atoms with E-state index in [9.17, 15) is 0 Å². The summed E-state index contributed by atoms with van der Waals surface area (Å²) in [4.78, 5) is 0. The highest BCUT2D eigenvalue weighted by Gasteiger charge is 2.13. The van der Waals surface area contributed by atoms with Crippen LogP contribution in [-0.4, -0.2) is 8.32 Å². The predicted octanol–water partition coefficient (Wildman–Crippen LogP) is 3.11. The van der Waals surface area contributed by atoms with Gasteiger partial charge in [0.2, 0.25) is 8.32 Å². The van der Waals surface area contributed by atoms with E-state index in [1.165, 1.54) is 6.26 Å². The molecule has 4 heteroatoms. The Labute approximate surface area is 66.7 Å². The van der Waals surface area contributed by atoms with Crippen LogP contribution in [-0.2, 0) is 4.43 Å². The number of hydrogen-bond donors (Lipinski definition) is 0. The quantitative estimate of drug-likeness (QED) is 0.474. The minimum absolute atomic E-state index is 0.178. The van der Waals surface area contributed by atoms with Crippen LogP contribution in [0.4, 0.5) is 0 Å². The lowest BCUT2D eigenvalue weighted by molar-refractivity contribution is 0.479. The monoisotopic (exact) mass is 184 g/mol. The van der Waals surface area contributed by atoms with Gasteiger partial charge >= 0.3 is 0 Å². The average Bonchev–Trinajstić information content (AvgIpc) is 1.59. The third-order valence-corrected chi connectivity index (χ3v) is 1.50. The SMILES string of the molecule is C[Si](C)(C)OC=C(Cl)Cl. The maximum atomic E-state index is 5.31. The molecule has 0 aliphatic heterocycles. The summed E-state index contributed by atoms with van der Waals surface area (Å²) in [6.07, 6.45) is 1.38. The first-order chi connectivity index (χ1) is 3.92. The van der Waals surface area contributed by atoms with Gasteiger partial charge in [-0.2, -0.15) is 0 Å². The van der Waals surface area contributed by atoms with Gasteiger partial charge < -0.3 is 4.43 Å². The lowest BCUT2D eigenvalue weighted by Gasteiger charge is -2.14. The largest absolute Gasteiger partial charge is 0.548 e. The van der Waals surface area contributed by atoms with Crippen molar-refractivity contribution in [3.05, 3.63) is 10.8 Å². The second kappa shape index (κ2) is 3.49. The second-order valence-corrected chi connectivity index (χ2v) is 8.11. The van der Waals surface area contributed by atoms with E-state index in [1.54, 1.807) is 0 Å². The lowest BCUT2D eigenvalue weighted by atomic mass is 11.2. The van der Waals surface area contributed by atoms with E-state index in [0.29, 0.717) is 0 Å². The zero-order valence-corrected chi connectivity index (χ0v) is 8.25. The van der Waals surface area contributed by atoms with Crippen molar-refractivity contribution < 1.29 is 4.43 Å². The van der Waals surface area contributed by atoms with Crippen LogP contribution in [0.3, 0.4) is 0 Å². The fraction of sp³-hybridized carbons (Fsp3) is 0.600. The zero-order chi connectivity index (χ0) is 7.49. The van der Waals surface area contributed by atoms with Crippen molar-refractivity contribution in [1.82, 2.24) is 0 Å². The molecule has 0 N–H and O–H groups in total. The van der Waals surface area contributed by atoms with Crippen LogP contribution in [0, 0.1) is 0 Å². The molecule has 0 unspecified atom stereocenters. The van der Waals surface area contributed by atoms with Crippen LogP contribution in [0.1, 0.15) is 0 Å². The van der Waals surface area contributed by atoms with Gasteiger partial charge in [0.15, 0.2) is 0 Å². The Bertz CT molecular complexity index is 113. The molecular weight excluding hydrogens is 175 g/mol. The predicted molar refractivity (Wildman–Crippen MR) is 44.2 cm³/mol. The molecule has 0 atom stereocenters. The third-order valence-electron chi connectivity index (χ3n) is 0.502. The molecule has 0 saturated carbocycles. The van der Waals surface area contributed by atoms with E-state index in [-0.39, 0.29) is 4.49 Å².